The van der Waals surface area contributed by atoms with Gasteiger partial charge in [-0.05, 0) is 41.6 Å². The number of aryl methyl sites for hydroxylation is 1. The lowest BCUT2D eigenvalue weighted by Crippen LogP contribution is -2.26. The molecule has 0 atom stereocenters. The van der Waals surface area contributed by atoms with Crippen molar-refractivity contribution in [2.24, 2.45) is 0 Å². The van der Waals surface area contributed by atoms with Crippen LogP contribution < -0.4 is 16.6 Å². The van der Waals surface area contributed by atoms with Crippen LogP contribution in [0.2, 0.25) is 0 Å². The smallest absolute Gasteiger partial charge is 0.260 e. The third-order valence-corrected chi connectivity index (χ3v) is 5.54. The van der Waals surface area contributed by atoms with Crippen LogP contribution in [0.25, 0.3) is 21.9 Å². The number of aromatic nitrogens is 1. The first-order chi connectivity index (χ1) is 15.5. The van der Waals surface area contributed by atoms with Gasteiger partial charge in [0.2, 0.25) is 0 Å². The molecule has 0 saturated carbocycles. The molecule has 6 nitrogen and oxygen atoms in total. The molecular weight excluding hydrogens is 402 g/mol. The summed E-state index contributed by atoms with van der Waals surface area (Å²) in [6, 6.07) is 22.4. The van der Waals surface area contributed by atoms with Gasteiger partial charge < -0.3 is 15.8 Å². The maximum absolute atomic E-state index is 13.3. The van der Waals surface area contributed by atoms with E-state index in [1.165, 1.54) is 4.57 Å². The number of nitrogen functional groups attached to an aromatic ring is 1. The molecule has 6 heteroatoms. The number of nitrogens with zero attached hydrogens (tertiary/aromatic N) is 1. The predicted octanol–water partition coefficient (Wildman–Crippen LogP) is 4.46. The SMILES string of the molecule is COCCn1c(N)c(-c2ccccc2)c2ccc(NC(=O)c3ccccc3C)cc2c1=O. The minimum absolute atomic E-state index is 0.221. The van der Waals surface area contributed by atoms with Crippen LogP contribution in [0.15, 0.2) is 77.6 Å². The number of carbonyl (C=O) groups is 1. The Bertz CT molecular complexity index is 1340. The highest BCUT2D eigenvalue weighted by molar-refractivity contribution is 6.07. The first kappa shape index (κ1) is 21.3. The molecule has 0 aliphatic heterocycles. The maximum Gasteiger partial charge on any atom is 0.260 e. The Morgan fingerprint density at radius 1 is 1.00 bits per heavy atom. The van der Waals surface area contributed by atoms with Crippen LogP contribution in [0.5, 0.6) is 0 Å². The largest absolute Gasteiger partial charge is 0.384 e. The summed E-state index contributed by atoms with van der Waals surface area (Å²) < 4.78 is 6.71. The molecule has 0 saturated heterocycles. The van der Waals surface area contributed by atoms with E-state index in [1.54, 1.807) is 25.3 Å². The topological polar surface area (TPSA) is 86.3 Å². The van der Waals surface area contributed by atoms with E-state index in [-0.39, 0.29) is 11.5 Å². The molecule has 3 N–H and O–H groups in total. The highest BCUT2D eigenvalue weighted by Gasteiger charge is 2.17. The Morgan fingerprint density at radius 2 is 1.72 bits per heavy atom. The summed E-state index contributed by atoms with van der Waals surface area (Å²) in [5, 5.41) is 4.13. The second kappa shape index (κ2) is 9.08. The van der Waals surface area contributed by atoms with E-state index in [0.717, 1.165) is 22.1 Å². The van der Waals surface area contributed by atoms with Crippen LogP contribution in [-0.2, 0) is 11.3 Å². The van der Waals surface area contributed by atoms with Crippen LogP contribution in [0, 0.1) is 6.92 Å². The van der Waals surface area contributed by atoms with Crippen LogP contribution in [0.1, 0.15) is 15.9 Å². The van der Waals surface area contributed by atoms with Crippen molar-refractivity contribution in [3.05, 3.63) is 94.3 Å². The molecule has 1 aromatic heterocycles. The third kappa shape index (κ3) is 4.00. The monoisotopic (exact) mass is 427 g/mol. The number of anilines is 2. The molecule has 162 valence electrons. The van der Waals surface area contributed by atoms with Crippen molar-refractivity contribution in [3.8, 4) is 11.1 Å². The standard InChI is InChI=1S/C26H25N3O3/c1-17-8-6-7-11-20(17)25(30)28-19-12-13-21-22(16-19)26(31)29(14-15-32-2)24(27)23(21)18-9-4-3-5-10-18/h3-13,16H,14-15,27H2,1-2H3,(H,28,30). The molecule has 0 spiro atoms. The van der Waals surface area contributed by atoms with Gasteiger partial charge in [0.1, 0.15) is 5.82 Å². The van der Waals surface area contributed by atoms with Crippen molar-refractivity contribution in [1.82, 2.24) is 4.57 Å². The number of amides is 1. The van der Waals surface area contributed by atoms with E-state index < -0.39 is 0 Å². The molecular formula is C26H25N3O3. The fraction of sp³-hybridized carbons (Fsp3) is 0.154. The zero-order valence-electron chi connectivity index (χ0n) is 18.1. The number of pyridine rings is 1. The second-order valence-electron chi connectivity index (χ2n) is 7.61. The first-order valence-electron chi connectivity index (χ1n) is 10.4. The quantitative estimate of drug-likeness (QED) is 0.476. The number of benzene rings is 3. The van der Waals surface area contributed by atoms with Crippen LogP contribution in [0.4, 0.5) is 11.5 Å². The van der Waals surface area contributed by atoms with Crippen LogP contribution >= 0.6 is 0 Å². The number of hydrogen-bond acceptors (Lipinski definition) is 4. The number of rotatable bonds is 6. The van der Waals surface area contributed by atoms with Crippen LogP contribution in [-0.4, -0.2) is 24.2 Å². The molecule has 3 aromatic carbocycles. The molecule has 0 bridgehead atoms. The van der Waals surface area contributed by atoms with E-state index >= 15 is 0 Å². The maximum atomic E-state index is 13.3. The van der Waals surface area contributed by atoms with Crippen molar-refractivity contribution in [1.29, 1.82) is 0 Å². The van der Waals surface area contributed by atoms with Gasteiger partial charge in [0.15, 0.2) is 0 Å². The van der Waals surface area contributed by atoms with E-state index in [9.17, 15) is 9.59 Å². The van der Waals surface area contributed by atoms with Gasteiger partial charge in [0.25, 0.3) is 11.5 Å². The minimum atomic E-state index is -0.221. The summed E-state index contributed by atoms with van der Waals surface area (Å²) in [5.74, 6) is 0.170. The summed E-state index contributed by atoms with van der Waals surface area (Å²) in [7, 11) is 1.58. The summed E-state index contributed by atoms with van der Waals surface area (Å²) >= 11 is 0. The second-order valence-corrected chi connectivity index (χ2v) is 7.61. The fourth-order valence-corrected chi connectivity index (χ4v) is 3.88. The number of ether oxygens (including phenoxy) is 1. The van der Waals surface area contributed by atoms with E-state index in [4.69, 9.17) is 10.5 Å². The Hall–Kier alpha value is -3.90. The number of hydrogen-bond donors (Lipinski definition) is 2. The van der Waals surface area contributed by atoms with E-state index in [2.05, 4.69) is 5.32 Å². The Balaban J connectivity index is 1.86. The molecule has 4 rings (SSSR count). The van der Waals surface area contributed by atoms with Gasteiger partial charge in [0, 0.05) is 29.3 Å². The normalized spacial score (nSPS) is 10.9. The van der Waals surface area contributed by atoms with Crippen molar-refractivity contribution in [2.45, 2.75) is 13.5 Å². The van der Waals surface area contributed by atoms with Gasteiger partial charge in [0.05, 0.1) is 13.2 Å². The highest BCUT2D eigenvalue weighted by atomic mass is 16.5. The fourth-order valence-electron chi connectivity index (χ4n) is 3.88. The lowest BCUT2D eigenvalue weighted by atomic mass is 9.98. The zero-order chi connectivity index (χ0) is 22.7. The summed E-state index contributed by atoms with van der Waals surface area (Å²) in [4.78, 5) is 26.1. The highest BCUT2D eigenvalue weighted by Crippen LogP contribution is 2.33. The van der Waals surface area contributed by atoms with Gasteiger partial charge in [-0.3, -0.25) is 14.2 Å². The summed E-state index contributed by atoms with van der Waals surface area (Å²) in [5.41, 5.74) is 9.97. The molecule has 32 heavy (non-hydrogen) atoms. The summed E-state index contributed by atoms with van der Waals surface area (Å²) in [6.07, 6.45) is 0. The lowest BCUT2D eigenvalue weighted by Gasteiger charge is -2.18. The van der Waals surface area contributed by atoms with Gasteiger partial charge in [-0.2, -0.15) is 0 Å². The first-order valence-corrected chi connectivity index (χ1v) is 10.4. The number of nitrogens with one attached hydrogen (secondary N) is 1. The Kier molecular flexibility index (Phi) is 6.05. The molecule has 0 aliphatic rings. The number of methoxy groups -OCH3 is 1. The van der Waals surface area contributed by atoms with Gasteiger partial charge in [-0.1, -0.05) is 54.6 Å². The molecule has 0 radical (unpaired) electrons. The lowest BCUT2D eigenvalue weighted by molar-refractivity contribution is 0.102. The van der Waals surface area contributed by atoms with Crippen molar-refractivity contribution < 1.29 is 9.53 Å². The molecule has 0 unspecified atom stereocenters. The Morgan fingerprint density at radius 3 is 2.44 bits per heavy atom. The van der Waals surface area contributed by atoms with Crippen molar-refractivity contribution in [2.75, 3.05) is 24.8 Å². The molecule has 1 amide bonds. The van der Waals surface area contributed by atoms with E-state index in [0.29, 0.717) is 35.6 Å². The average Bonchev–Trinajstić information content (AvgIpc) is 2.80. The third-order valence-electron chi connectivity index (χ3n) is 5.54. The van der Waals surface area contributed by atoms with Gasteiger partial charge in [-0.25, -0.2) is 0 Å². The average molecular weight is 428 g/mol. The number of fused-ring (bicyclic) bond motifs is 1. The molecule has 4 aromatic rings. The molecule has 1 heterocycles. The van der Waals surface area contributed by atoms with Gasteiger partial charge in [-0.15, -0.1) is 0 Å². The number of carbonyl (C=O) groups excluding carboxylic acids is 1. The number of nitrogens with two attached hydrogens (primary N) is 1. The molecule has 0 aliphatic carbocycles. The van der Waals surface area contributed by atoms with Gasteiger partial charge >= 0.3 is 0 Å². The minimum Gasteiger partial charge on any atom is -0.384 e. The molecule has 0 fully saturated rings. The van der Waals surface area contributed by atoms with Crippen molar-refractivity contribution in [3.63, 3.8) is 0 Å². The van der Waals surface area contributed by atoms with Crippen molar-refractivity contribution >= 4 is 28.2 Å². The zero-order valence-corrected chi connectivity index (χ0v) is 18.1. The predicted molar refractivity (Wildman–Crippen MR) is 129 cm³/mol. The summed E-state index contributed by atoms with van der Waals surface area (Å²) in [6.45, 7) is 2.57. The Labute approximate surface area is 186 Å². The van der Waals surface area contributed by atoms with E-state index in [1.807, 2.05) is 61.5 Å². The van der Waals surface area contributed by atoms with Crippen LogP contribution in [0.3, 0.4) is 0 Å².